The van der Waals surface area contributed by atoms with E-state index in [1.54, 1.807) is 0 Å². The maximum absolute atomic E-state index is 11.8. The van der Waals surface area contributed by atoms with Crippen molar-refractivity contribution in [3.05, 3.63) is 0 Å². The number of nitrogens with one attached hydrogen (secondary N) is 2. The van der Waals surface area contributed by atoms with Gasteiger partial charge in [0.25, 0.3) is 0 Å². The average Bonchev–Trinajstić information content (AvgIpc) is 3.38. The maximum Gasteiger partial charge on any atom is 0.407 e. The van der Waals surface area contributed by atoms with Gasteiger partial charge in [-0.3, -0.25) is 4.99 Å². The van der Waals surface area contributed by atoms with Crippen LogP contribution in [0.1, 0.15) is 58.3 Å². The zero-order valence-electron chi connectivity index (χ0n) is 15.9. The Morgan fingerprint density at radius 3 is 2.68 bits per heavy atom. The number of carbonyl (C=O) groups excluding carboxylic acids is 1. The number of amides is 1. The number of likely N-dealkylation sites (tertiary alicyclic amines) is 1. The van der Waals surface area contributed by atoms with Gasteiger partial charge in [-0.2, -0.15) is 0 Å². The summed E-state index contributed by atoms with van der Waals surface area (Å²) < 4.78 is 5.04. The van der Waals surface area contributed by atoms with Gasteiger partial charge in [-0.1, -0.05) is 19.3 Å². The molecule has 2 saturated carbocycles. The molecule has 0 aromatic rings. The van der Waals surface area contributed by atoms with Crippen molar-refractivity contribution in [2.45, 2.75) is 64.3 Å². The van der Waals surface area contributed by atoms with E-state index in [4.69, 9.17) is 4.74 Å². The normalized spacial score (nSPS) is 24.2. The number of ether oxygens (including phenoxy) is 1. The minimum absolute atomic E-state index is 0.127. The largest absolute Gasteiger partial charge is 0.450 e. The van der Waals surface area contributed by atoms with Crippen molar-refractivity contribution in [3.63, 3.8) is 0 Å². The Morgan fingerprint density at radius 2 is 2.04 bits per heavy atom. The molecule has 2 aliphatic carbocycles. The Balaban J connectivity index is 1.50. The molecular weight excluding hydrogens is 316 g/mol. The molecule has 1 saturated heterocycles. The molecule has 0 radical (unpaired) electrons. The summed E-state index contributed by atoms with van der Waals surface area (Å²) in [6.07, 6.45) is 10.3. The Hall–Kier alpha value is -1.46. The first-order chi connectivity index (χ1) is 12.2. The van der Waals surface area contributed by atoms with Crippen molar-refractivity contribution in [3.8, 4) is 0 Å². The number of carbonyl (C=O) groups is 1. The molecule has 6 nitrogen and oxygen atoms in total. The summed E-state index contributed by atoms with van der Waals surface area (Å²) in [4.78, 5) is 18.7. The van der Waals surface area contributed by atoms with Crippen LogP contribution in [-0.2, 0) is 4.74 Å². The summed E-state index contributed by atoms with van der Waals surface area (Å²) in [5.41, 5.74) is 0.523. The molecule has 3 rings (SSSR count). The van der Waals surface area contributed by atoms with E-state index >= 15 is 0 Å². The Morgan fingerprint density at radius 1 is 1.28 bits per heavy atom. The minimum atomic E-state index is -0.307. The molecule has 1 unspecified atom stereocenters. The van der Waals surface area contributed by atoms with Gasteiger partial charge in [0.2, 0.25) is 0 Å². The van der Waals surface area contributed by atoms with E-state index in [1.165, 1.54) is 51.4 Å². The van der Waals surface area contributed by atoms with Crippen LogP contribution in [0, 0.1) is 11.3 Å². The molecule has 1 atom stereocenters. The highest BCUT2D eigenvalue weighted by atomic mass is 16.5. The second-order valence-corrected chi connectivity index (χ2v) is 7.97. The Labute approximate surface area is 151 Å². The smallest absolute Gasteiger partial charge is 0.407 e. The molecule has 6 heteroatoms. The predicted octanol–water partition coefficient (Wildman–Crippen LogP) is 2.74. The van der Waals surface area contributed by atoms with Gasteiger partial charge in [-0.05, 0) is 50.4 Å². The number of hydrogen-bond acceptors (Lipinski definition) is 3. The third-order valence-electron chi connectivity index (χ3n) is 6.11. The molecule has 2 N–H and O–H groups in total. The predicted molar refractivity (Wildman–Crippen MR) is 99.7 cm³/mol. The molecule has 1 aliphatic heterocycles. The lowest BCUT2D eigenvalue weighted by Crippen LogP contribution is -2.49. The van der Waals surface area contributed by atoms with Crippen molar-refractivity contribution >= 4 is 12.1 Å². The van der Waals surface area contributed by atoms with Crippen molar-refractivity contribution < 1.29 is 9.53 Å². The molecular formula is C19H34N4O2. The monoisotopic (exact) mass is 350 g/mol. The van der Waals surface area contributed by atoms with Gasteiger partial charge in [0, 0.05) is 26.7 Å². The van der Waals surface area contributed by atoms with Crippen molar-refractivity contribution in [2.24, 2.45) is 16.3 Å². The van der Waals surface area contributed by atoms with Crippen LogP contribution in [-0.4, -0.2) is 56.3 Å². The lowest BCUT2D eigenvalue weighted by Gasteiger charge is -2.34. The molecule has 1 spiro atoms. The first-order valence-corrected chi connectivity index (χ1v) is 10.0. The fourth-order valence-corrected chi connectivity index (χ4v) is 4.52. The zero-order valence-corrected chi connectivity index (χ0v) is 15.9. The minimum Gasteiger partial charge on any atom is -0.450 e. The van der Waals surface area contributed by atoms with E-state index in [0.29, 0.717) is 17.9 Å². The third kappa shape index (κ3) is 4.79. The van der Waals surface area contributed by atoms with E-state index in [0.717, 1.165) is 25.6 Å². The number of nitrogens with zero attached hydrogens (tertiary/aromatic N) is 2. The van der Waals surface area contributed by atoms with Crippen LogP contribution in [0.3, 0.4) is 0 Å². The van der Waals surface area contributed by atoms with E-state index in [-0.39, 0.29) is 12.1 Å². The van der Waals surface area contributed by atoms with Gasteiger partial charge in [-0.25, -0.2) is 4.79 Å². The summed E-state index contributed by atoms with van der Waals surface area (Å²) in [6.45, 7) is 5.19. The van der Waals surface area contributed by atoms with Crippen LogP contribution in [0.5, 0.6) is 0 Å². The van der Waals surface area contributed by atoms with Crippen LogP contribution < -0.4 is 10.6 Å². The van der Waals surface area contributed by atoms with Gasteiger partial charge in [0.15, 0.2) is 5.96 Å². The highest BCUT2D eigenvalue weighted by Gasteiger charge is 2.40. The van der Waals surface area contributed by atoms with Crippen LogP contribution in [0.2, 0.25) is 0 Å². The highest BCUT2D eigenvalue weighted by Crippen LogP contribution is 2.43. The molecule has 0 aromatic heterocycles. The fraction of sp³-hybridized carbons (Fsp3) is 0.895. The van der Waals surface area contributed by atoms with Gasteiger partial charge in [0.1, 0.15) is 0 Å². The highest BCUT2D eigenvalue weighted by molar-refractivity contribution is 5.80. The second-order valence-electron chi connectivity index (χ2n) is 7.97. The van der Waals surface area contributed by atoms with Gasteiger partial charge in [-0.15, -0.1) is 0 Å². The number of alkyl carbamates (subject to hydrolysis) is 1. The van der Waals surface area contributed by atoms with Crippen LogP contribution in [0.15, 0.2) is 4.99 Å². The summed E-state index contributed by atoms with van der Waals surface area (Å²) in [6, 6.07) is 0.127. The van der Waals surface area contributed by atoms with Crippen molar-refractivity contribution in [2.75, 3.05) is 33.3 Å². The van der Waals surface area contributed by atoms with Crippen LogP contribution in [0.4, 0.5) is 4.79 Å². The molecule has 1 heterocycles. The van der Waals surface area contributed by atoms with Crippen molar-refractivity contribution in [1.82, 2.24) is 15.5 Å². The summed E-state index contributed by atoms with van der Waals surface area (Å²) >= 11 is 0. The lowest BCUT2D eigenvalue weighted by atomic mass is 9.73. The molecule has 142 valence electrons. The maximum atomic E-state index is 11.8. The van der Waals surface area contributed by atoms with Gasteiger partial charge in [0.05, 0.1) is 12.6 Å². The first-order valence-electron chi connectivity index (χ1n) is 10.0. The Bertz CT molecular complexity index is 484. The zero-order chi connectivity index (χ0) is 17.7. The van der Waals surface area contributed by atoms with E-state index in [2.05, 4.69) is 20.5 Å². The second kappa shape index (κ2) is 8.28. The topological polar surface area (TPSA) is 66.0 Å². The standard InChI is InChI=1S/C19H34N4O2/c1-3-25-18(24)22-16(15-7-8-15)13-21-17(20-2)23-12-11-19(14-23)9-5-4-6-10-19/h15-16H,3-14H2,1-2H3,(H,20,21)(H,22,24). The molecule has 0 aromatic carbocycles. The van der Waals surface area contributed by atoms with E-state index in [9.17, 15) is 4.79 Å². The number of rotatable bonds is 5. The third-order valence-corrected chi connectivity index (χ3v) is 6.11. The number of aliphatic imine (C=N–C) groups is 1. The van der Waals surface area contributed by atoms with Gasteiger partial charge >= 0.3 is 6.09 Å². The van der Waals surface area contributed by atoms with Crippen LogP contribution in [0.25, 0.3) is 0 Å². The summed E-state index contributed by atoms with van der Waals surface area (Å²) in [5, 5.41) is 6.52. The number of guanidine groups is 1. The summed E-state index contributed by atoms with van der Waals surface area (Å²) in [5.74, 6) is 1.55. The molecule has 25 heavy (non-hydrogen) atoms. The summed E-state index contributed by atoms with van der Waals surface area (Å²) in [7, 11) is 1.86. The van der Waals surface area contributed by atoms with E-state index < -0.39 is 0 Å². The SMILES string of the molecule is CCOC(=O)NC(CNC(=NC)N1CCC2(CCCCC2)C1)C1CC1. The van der Waals surface area contributed by atoms with Crippen molar-refractivity contribution in [1.29, 1.82) is 0 Å². The number of hydrogen-bond donors (Lipinski definition) is 2. The first kappa shape index (κ1) is 18.3. The van der Waals surface area contributed by atoms with Crippen LogP contribution >= 0.6 is 0 Å². The molecule has 0 bridgehead atoms. The quantitative estimate of drug-likeness (QED) is 0.591. The molecule has 1 amide bonds. The fourth-order valence-electron chi connectivity index (χ4n) is 4.52. The lowest BCUT2D eigenvalue weighted by molar-refractivity contribution is 0.146. The van der Waals surface area contributed by atoms with E-state index in [1.807, 2.05) is 14.0 Å². The Kier molecular flexibility index (Phi) is 6.07. The van der Waals surface area contributed by atoms with Gasteiger partial charge < -0.3 is 20.3 Å². The molecule has 3 aliphatic rings. The molecule has 3 fully saturated rings. The average molecular weight is 351 g/mol.